The van der Waals surface area contributed by atoms with Crippen LogP contribution >= 0.6 is 0 Å². The zero-order valence-electron chi connectivity index (χ0n) is 8.41. The van der Waals surface area contributed by atoms with E-state index in [0.29, 0.717) is 13.0 Å². The van der Waals surface area contributed by atoms with Crippen molar-refractivity contribution in [2.45, 2.75) is 25.9 Å². The molecular formula is C8H14N4O3. The summed E-state index contributed by atoms with van der Waals surface area (Å²) in [6.07, 6.45) is 1.01. The molecule has 0 aliphatic carbocycles. The number of aliphatic hydroxyl groups is 1. The van der Waals surface area contributed by atoms with Crippen LogP contribution < -0.4 is 16.6 Å². The summed E-state index contributed by atoms with van der Waals surface area (Å²) < 4.78 is 0. The number of anilines is 1. The van der Waals surface area contributed by atoms with Crippen molar-refractivity contribution in [3.63, 3.8) is 0 Å². The molecule has 1 aromatic heterocycles. The predicted molar refractivity (Wildman–Crippen MR) is 54.9 cm³/mol. The molecule has 0 radical (unpaired) electrons. The average Bonchev–Trinajstić information content (AvgIpc) is 2.14. The van der Waals surface area contributed by atoms with E-state index in [1.807, 2.05) is 4.98 Å². The van der Waals surface area contributed by atoms with Gasteiger partial charge in [-0.1, -0.05) is 0 Å². The van der Waals surface area contributed by atoms with E-state index >= 15 is 0 Å². The summed E-state index contributed by atoms with van der Waals surface area (Å²) in [6.45, 7) is 2.22. The van der Waals surface area contributed by atoms with Gasteiger partial charge >= 0.3 is 5.69 Å². The Morgan fingerprint density at radius 3 is 2.87 bits per heavy atom. The van der Waals surface area contributed by atoms with Gasteiger partial charge in [-0.15, -0.1) is 5.10 Å². The van der Waals surface area contributed by atoms with E-state index < -0.39 is 11.2 Å². The molecule has 15 heavy (non-hydrogen) atoms. The van der Waals surface area contributed by atoms with Gasteiger partial charge in [-0.3, -0.25) is 9.78 Å². The van der Waals surface area contributed by atoms with E-state index in [0.717, 1.165) is 6.42 Å². The smallest absolute Gasteiger partial charge is 0.342 e. The van der Waals surface area contributed by atoms with Crippen LogP contribution in [0.2, 0.25) is 0 Å². The Hall–Kier alpha value is -1.63. The standard InChI is InChI=1S/C8H14N4O3/c1-5(13)3-2-4-9-6-7(14)10-8(15)12-11-6/h5,13H,2-4H2,1H3,(H,9,11)(H2,10,12,14,15). The summed E-state index contributed by atoms with van der Waals surface area (Å²) in [6, 6.07) is 0. The summed E-state index contributed by atoms with van der Waals surface area (Å²) in [4.78, 5) is 23.8. The molecule has 4 N–H and O–H groups in total. The number of rotatable bonds is 5. The zero-order valence-corrected chi connectivity index (χ0v) is 8.41. The first kappa shape index (κ1) is 11.4. The Morgan fingerprint density at radius 1 is 1.53 bits per heavy atom. The van der Waals surface area contributed by atoms with Crippen LogP contribution in [0.15, 0.2) is 9.59 Å². The fourth-order valence-electron chi connectivity index (χ4n) is 1.07. The Morgan fingerprint density at radius 2 is 2.27 bits per heavy atom. The number of aromatic nitrogens is 3. The maximum absolute atomic E-state index is 11.1. The van der Waals surface area contributed by atoms with E-state index in [9.17, 15) is 9.59 Å². The van der Waals surface area contributed by atoms with Gasteiger partial charge in [0, 0.05) is 6.54 Å². The third-order valence-electron chi connectivity index (χ3n) is 1.80. The number of aromatic amines is 2. The minimum Gasteiger partial charge on any atom is -0.393 e. The van der Waals surface area contributed by atoms with Crippen LogP contribution in [0.1, 0.15) is 19.8 Å². The maximum Gasteiger partial charge on any atom is 0.342 e. The summed E-state index contributed by atoms with van der Waals surface area (Å²) in [5.41, 5.74) is -1.18. The van der Waals surface area contributed by atoms with Crippen LogP contribution in [-0.2, 0) is 0 Å². The molecule has 1 aromatic rings. The highest BCUT2D eigenvalue weighted by Crippen LogP contribution is 1.96. The zero-order chi connectivity index (χ0) is 11.3. The van der Waals surface area contributed by atoms with Crippen molar-refractivity contribution in [1.82, 2.24) is 15.2 Å². The van der Waals surface area contributed by atoms with Gasteiger partial charge in [0.15, 0.2) is 0 Å². The maximum atomic E-state index is 11.1. The SMILES string of the molecule is CC(O)CCCNc1n[nH]c(=O)[nH]c1=O. The molecule has 1 rings (SSSR count). The van der Waals surface area contributed by atoms with Crippen LogP contribution in [-0.4, -0.2) is 32.9 Å². The van der Waals surface area contributed by atoms with Crippen molar-refractivity contribution in [3.8, 4) is 0 Å². The monoisotopic (exact) mass is 214 g/mol. The van der Waals surface area contributed by atoms with Crippen molar-refractivity contribution in [1.29, 1.82) is 0 Å². The van der Waals surface area contributed by atoms with Gasteiger partial charge in [0.1, 0.15) is 0 Å². The van der Waals surface area contributed by atoms with Gasteiger partial charge in [0.25, 0.3) is 5.56 Å². The van der Waals surface area contributed by atoms with Crippen LogP contribution in [0.5, 0.6) is 0 Å². The Kier molecular flexibility index (Phi) is 4.04. The molecule has 7 heteroatoms. The number of H-pyrrole nitrogens is 2. The lowest BCUT2D eigenvalue weighted by Gasteiger charge is -2.05. The van der Waals surface area contributed by atoms with Gasteiger partial charge in [-0.2, -0.15) is 0 Å². The van der Waals surface area contributed by atoms with Crippen molar-refractivity contribution >= 4 is 5.82 Å². The second kappa shape index (κ2) is 5.30. The number of hydrogen-bond donors (Lipinski definition) is 4. The van der Waals surface area contributed by atoms with Crippen molar-refractivity contribution < 1.29 is 5.11 Å². The van der Waals surface area contributed by atoms with E-state index in [-0.39, 0.29) is 11.9 Å². The third kappa shape index (κ3) is 3.94. The summed E-state index contributed by atoms with van der Waals surface area (Å²) in [7, 11) is 0. The van der Waals surface area contributed by atoms with Crippen LogP contribution in [0.25, 0.3) is 0 Å². The molecule has 0 amide bonds. The van der Waals surface area contributed by atoms with Gasteiger partial charge in [-0.05, 0) is 19.8 Å². The van der Waals surface area contributed by atoms with Crippen molar-refractivity contribution in [3.05, 3.63) is 20.8 Å². The first-order chi connectivity index (χ1) is 7.09. The second-order valence-corrected chi connectivity index (χ2v) is 3.27. The van der Waals surface area contributed by atoms with Crippen LogP contribution in [0, 0.1) is 0 Å². The molecule has 7 nitrogen and oxygen atoms in total. The second-order valence-electron chi connectivity index (χ2n) is 3.27. The molecule has 1 unspecified atom stereocenters. The largest absolute Gasteiger partial charge is 0.393 e. The molecule has 0 spiro atoms. The Balaban J connectivity index is 2.45. The fraction of sp³-hybridized carbons (Fsp3) is 0.625. The molecule has 0 aromatic carbocycles. The van der Waals surface area contributed by atoms with E-state index in [1.54, 1.807) is 6.92 Å². The third-order valence-corrected chi connectivity index (χ3v) is 1.80. The molecule has 0 saturated carbocycles. The number of nitrogens with one attached hydrogen (secondary N) is 3. The van der Waals surface area contributed by atoms with E-state index in [4.69, 9.17) is 5.11 Å². The van der Waals surface area contributed by atoms with Crippen molar-refractivity contribution in [2.24, 2.45) is 0 Å². The van der Waals surface area contributed by atoms with E-state index in [1.165, 1.54) is 0 Å². The van der Waals surface area contributed by atoms with Gasteiger partial charge in [0.05, 0.1) is 6.10 Å². The lowest BCUT2D eigenvalue weighted by Crippen LogP contribution is -2.27. The molecule has 0 fully saturated rings. The molecule has 84 valence electrons. The normalized spacial score (nSPS) is 12.4. The molecule has 0 saturated heterocycles. The predicted octanol–water partition coefficient (Wildman–Crippen LogP) is -0.969. The average molecular weight is 214 g/mol. The minimum absolute atomic E-state index is 0.0835. The van der Waals surface area contributed by atoms with Gasteiger partial charge in [-0.25, -0.2) is 9.89 Å². The quantitative estimate of drug-likeness (QED) is 0.471. The van der Waals surface area contributed by atoms with Crippen molar-refractivity contribution in [2.75, 3.05) is 11.9 Å². The highest BCUT2D eigenvalue weighted by Gasteiger charge is 2.01. The molecule has 1 heterocycles. The fourth-order valence-corrected chi connectivity index (χ4v) is 1.07. The highest BCUT2D eigenvalue weighted by molar-refractivity contribution is 5.28. The first-order valence-corrected chi connectivity index (χ1v) is 4.70. The number of hydrogen-bond acceptors (Lipinski definition) is 5. The minimum atomic E-state index is -0.630. The Labute approximate surface area is 85.6 Å². The highest BCUT2D eigenvalue weighted by atomic mass is 16.3. The van der Waals surface area contributed by atoms with Gasteiger partial charge < -0.3 is 10.4 Å². The lowest BCUT2D eigenvalue weighted by atomic mass is 10.2. The van der Waals surface area contributed by atoms with Crippen LogP contribution in [0.3, 0.4) is 0 Å². The number of aliphatic hydroxyl groups excluding tert-OH is 1. The number of nitrogens with zero attached hydrogens (tertiary/aromatic N) is 1. The summed E-state index contributed by atoms with van der Waals surface area (Å²) >= 11 is 0. The topological polar surface area (TPSA) is 111 Å². The summed E-state index contributed by atoms with van der Waals surface area (Å²) in [5, 5.41) is 17.4. The molecular weight excluding hydrogens is 200 g/mol. The summed E-state index contributed by atoms with van der Waals surface area (Å²) in [5.74, 6) is 0.0835. The first-order valence-electron chi connectivity index (χ1n) is 4.70. The molecule has 0 aliphatic heterocycles. The van der Waals surface area contributed by atoms with Gasteiger partial charge in [0.2, 0.25) is 5.82 Å². The lowest BCUT2D eigenvalue weighted by molar-refractivity contribution is 0.183. The molecule has 0 bridgehead atoms. The molecule has 1 atom stereocenters. The Bertz CT molecular complexity index is 409. The van der Waals surface area contributed by atoms with Crippen LogP contribution in [0.4, 0.5) is 5.82 Å². The van der Waals surface area contributed by atoms with E-state index in [2.05, 4.69) is 15.5 Å². The molecule has 0 aliphatic rings.